The molecule has 0 radical (unpaired) electrons. The third kappa shape index (κ3) is 4.18. The third-order valence-electron chi connectivity index (χ3n) is 2.33. The Bertz CT molecular complexity index is 143. The van der Waals surface area contributed by atoms with E-state index in [0.29, 0.717) is 6.54 Å². The summed E-state index contributed by atoms with van der Waals surface area (Å²) in [6.07, 6.45) is 2.62. The highest BCUT2D eigenvalue weighted by atomic mass is 16.2. The summed E-state index contributed by atoms with van der Waals surface area (Å²) in [4.78, 5) is 10.3. The van der Waals surface area contributed by atoms with Gasteiger partial charge in [0.25, 0.3) is 0 Å². The molecule has 4 nitrogen and oxygen atoms in total. The largest absolute Gasteiger partial charge is 0.352 e. The fraction of sp³-hybridized carbons (Fsp3) is 0.875. The Morgan fingerprint density at radius 1 is 1.42 bits per heavy atom. The molecule has 0 aliphatic rings. The lowest BCUT2D eigenvalue weighted by atomic mass is 9.90. The maximum absolute atomic E-state index is 10.3. The predicted molar refractivity (Wildman–Crippen MR) is 49.7 cm³/mol. The first-order chi connectivity index (χ1) is 5.54. The third-order valence-corrected chi connectivity index (χ3v) is 2.33. The van der Waals surface area contributed by atoms with E-state index < -0.39 is 6.03 Å². The van der Waals surface area contributed by atoms with Gasteiger partial charge in [0.15, 0.2) is 0 Å². The van der Waals surface area contributed by atoms with Gasteiger partial charge in [-0.15, -0.1) is 0 Å². The van der Waals surface area contributed by atoms with E-state index in [1.165, 1.54) is 0 Å². The van der Waals surface area contributed by atoms with Gasteiger partial charge in [-0.25, -0.2) is 4.79 Å². The summed E-state index contributed by atoms with van der Waals surface area (Å²) >= 11 is 0. The van der Waals surface area contributed by atoms with Crippen molar-refractivity contribution in [3.63, 3.8) is 0 Å². The molecular weight excluding hydrogens is 154 g/mol. The number of urea groups is 1. The molecule has 72 valence electrons. The van der Waals surface area contributed by atoms with Gasteiger partial charge in [0.2, 0.25) is 0 Å². The number of rotatable bonds is 5. The van der Waals surface area contributed by atoms with Crippen LogP contribution in [0.15, 0.2) is 0 Å². The summed E-state index contributed by atoms with van der Waals surface area (Å²) in [5.41, 5.74) is 10.8. The smallest absolute Gasteiger partial charge is 0.312 e. The molecule has 0 unspecified atom stereocenters. The van der Waals surface area contributed by atoms with E-state index in [1.807, 2.05) is 13.8 Å². The minimum absolute atomic E-state index is 0.150. The first-order valence-electron chi connectivity index (χ1n) is 4.36. The van der Waals surface area contributed by atoms with Crippen LogP contribution in [-0.2, 0) is 0 Å². The maximum atomic E-state index is 10.3. The van der Waals surface area contributed by atoms with Crippen molar-refractivity contribution >= 4 is 6.03 Å². The van der Waals surface area contributed by atoms with Crippen LogP contribution in [0, 0.1) is 0 Å². The van der Waals surface area contributed by atoms with Crippen molar-refractivity contribution in [1.82, 2.24) is 5.32 Å². The first kappa shape index (κ1) is 11.2. The summed E-state index contributed by atoms with van der Waals surface area (Å²) in [5.74, 6) is 0. The van der Waals surface area contributed by atoms with Gasteiger partial charge in [-0.1, -0.05) is 13.8 Å². The van der Waals surface area contributed by atoms with Crippen molar-refractivity contribution in [1.29, 1.82) is 0 Å². The minimum Gasteiger partial charge on any atom is -0.352 e. The number of hydrogen-bond donors (Lipinski definition) is 3. The highest BCUT2D eigenvalue weighted by Crippen LogP contribution is 2.14. The lowest BCUT2D eigenvalue weighted by Crippen LogP contribution is -2.42. The second kappa shape index (κ2) is 4.98. The lowest BCUT2D eigenvalue weighted by molar-refractivity contribution is 0.247. The second-order valence-corrected chi connectivity index (χ2v) is 3.11. The van der Waals surface area contributed by atoms with E-state index in [-0.39, 0.29) is 5.54 Å². The average molecular weight is 173 g/mol. The fourth-order valence-electron chi connectivity index (χ4n) is 1.04. The van der Waals surface area contributed by atoms with Crippen molar-refractivity contribution in [2.24, 2.45) is 11.5 Å². The molecule has 0 bridgehead atoms. The molecule has 0 heterocycles. The highest BCUT2D eigenvalue weighted by Gasteiger charge is 2.19. The van der Waals surface area contributed by atoms with Crippen molar-refractivity contribution in [2.75, 3.05) is 6.54 Å². The topological polar surface area (TPSA) is 81.1 Å². The average Bonchev–Trinajstić information content (AvgIpc) is 2.03. The van der Waals surface area contributed by atoms with E-state index >= 15 is 0 Å². The number of primary amides is 1. The zero-order valence-electron chi connectivity index (χ0n) is 7.89. The Balaban J connectivity index is 3.65. The molecule has 12 heavy (non-hydrogen) atoms. The van der Waals surface area contributed by atoms with Gasteiger partial charge in [-0.2, -0.15) is 0 Å². The molecule has 0 aliphatic carbocycles. The quantitative estimate of drug-likeness (QED) is 0.568. The summed E-state index contributed by atoms with van der Waals surface area (Å²) in [6.45, 7) is 4.66. The van der Waals surface area contributed by atoms with Crippen molar-refractivity contribution in [2.45, 2.75) is 38.6 Å². The molecule has 0 aromatic heterocycles. The number of amides is 2. The number of carbonyl (C=O) groups is 1. The van der Waals surface area contributed by atoms with Gasteiger partial charge in [0.1, 0.15) is 0 Å². The summed E-state index contributed by atoms with van der Waals surface area (Å²) < 4.78 is 0. The van der Waals surface area contributed by atoms with Gasteiger partial charge in [-0.05, 0) is 19.3 Å². The number of carbonyl (C=O) groups excluding carboxylic acids is 1. The molecule has 2 amide bonds. The Morgan fingerprint density at radius 2 is 1.92 bits per heavy atom. The SMILES string of the molecule is CCC(N)(CC)CCNC(N)=O. The fourth-order valence-corrected chi connectivity index (χ4v) is 1.04. The maximum Gasteiger partial charge on any atom is 0.312 e. The Labute approximate surface area is 73.7 Å². The zero-order valence-corrected chi connectivity index (χ0v) is 7.89. The molecule has 0 rings (SSSR count). The molecule has 5 N–H and O–H groups in total. The van der Waals surface area contributed by atoms with Crippen LogP contribution in [0.3, 0.4) is 0 Å². The number of hydrogen-bond acceptors (Lipinski definition) is 2. The highest BCUT2D eigenvalue weighted by molar-refractivity contribution is 5.71. The van der Waals surface area contributed by atoms with Crippen LogP contribution < -0.4 is 16.8 Å². The molecule has 0 aliphatic heterocycles. The van der Waals surface area contributed by atoms with Crippen LogP contribution in [-0.4, -0.2) is 18.1 Å². The van der Waals surface area contributed by atoms with E-state index in [9.17, 15) is 4.79 Å². The van der Waals surface area contributed by atoms with E-state index in [1.54, 1.807) is 0 Å². The molecule has 0 fully saturated rings. The van der Waals surface area contributed by atoms with E-state index in [2.05, 4.69) is 5.32 Å². The lowest BCUT2D eigenvalue weighted by Gasteiger charge is -2.26. The molecular formula is C8H19N3O. The molecule has 0 spiro atoms. The Hall–Kier alpha value is -0.770. The first-order valence-corrected chi connectivity index (χ1v) is 4.36. The van der Waals surface area contributed by atoms with E-state index in [0.717, 1.165) is 19.3 Å². The standard InChI is InChI=1S/C8H19N3O/c1-3-8(10,4-2)5-6-11-7(9)12/h3-6,10H2,1-2H3,(H3,9,11,12). The summed E-state index contributed by atoms with van der Waals surface area (Å²) in [5, 5.41) is 2.53. The molecule has 0 aromatic rings. The number of nitrogens with one attached hydrogen (secondary N) is 1. The minimum atomic E-state index is -0.482. The molecule has 0 aromatic carbocycles. The van der Waals surface area contributed by atoms with Gasteiger partial charge >= 0.3 is 6.03 Å². The normalized spacial score (nSPS) is 11.2. The van der Waals surface area contributed by atoms with Crippen molar-refractivity contribution in [3.8, 4) is 0 Å². The van der Waals surface area contributed by atoms with Crippen LogP contribution in [0.1, 0.15) is 33.1 Å². The summed E-state index contributed by atoms with van der Waals surface area (Å²) in [6, 6.07) is -0.482. The van der Waals surface area contributed by atoms with Crippen LogP contribution >= 0.6 is 0 Å². The van der Waals surface area contributed by atoms with Gasteiger partial charge in [0.05, 0.1) is 0 Å². The predicted octanol–water partition coefficient (Wildman–Crippen LogP) is 0.562. The Kier molecular flexibility index (Phi) is 4.66. The van der Waals surface area contributed by atoms with E-state index in [4.69, 9.17) is 11.5 Å². The molecule has 0 atom stereocenters. The van der Waals surface area contributed by atoms with Crippen molar-refractivity contribution in [3.05, 3.63) is 0 Å². The summed E-state index contributed by atoms with van der Waals surface area (Å²) in [7, 11) is 0. The van der Waals surface area contributed by atoms with Crippen molar-refractivity contribution < 1.29 is 4.79 Å². The van der Waals surface area contributed by atoms with Gasteiger partial charge < -0.3 is 16.8 Å². The second-order valence-electron chi connectivity index (χ2n) is 3.11. The molecule has 0 saturated carbocycles. The molecule has 4 heteroatoms. The Morgan fingerprint density at radius 3 is 2.25 bits per heavy atom. The van der Waals surface area contributed by atoms with Crippen LogP contribution in [0.2, 0.25) is 0 Å². The van der Waals surface area contributed by atoms with Gasteiger partial charge in [0, 0.05) is 12.1 Å². The monoisotopic (exact) mass is 173 g/mol. The number of nitrogens with two attached hydrogens (primary N) is 2. The van der Waals surface area contributed by atoms with Crippen LogP contribution in [0.5, 0.6) is 0 Å². The van der Waals surface area contributed by atoms with Gasteiger partial charge in [-0.3, -0.25) is 0 Å². The zero-order chi connectivity index (χ0) is 9.61. The molecule has 0 saturated heterocycles. The van der Waals surface area contributed by atoms with Crippen LogP contribution in [0.4, 0.5) is 4.79 Å². The van der Waals surface area contributed by atoms with Crippen LogP contribution in [0.25, 0.3) is 0 Å².